The summed E-state index contributed by atoms with van der Waals surface area (Å²) >= 11 is 0. The Kier molecular flexibility index (Phi) is 4.86. The van der Waals surface area contributed by atoms with Crippen LogP contribution >= 0.6 is 0 Å². The Hall–Kier alpha value is -4.13. The molecule has 0 amide bonds. The summed E-state index contributed by atoms with van der Waals surface area (Å²) in [6.07, 6.45) is 5.91. The van der Waals surface area contributed by atoms with Gasteiger partial charge in [0.15, 0.2) is 6.10 Å². The monoisotopic (exact) mass is 432 g/mol. The fourth-order valence-electron chi connectivity index (χ4n) is 3.93. The minimum absolute atomic E-state index is 0.0805. The lowest BCUT2D eigenvalue weighted by Crippen LogP contribution is -2.31. The molecule has 1 fully saturated rings. The van der Waals surface area contributed by atoms with Crippen molar-refractivity contribution in [2.75, 3.05) is 7.05 Å². The van der Waals surface area contributed by atoms with Crippen molar-refractivity contribution in [2.45, 2.75) is 37.9 Å². The van der Waals surface area contributed by atoms with Gasteiger partial charge in [0.05, 0.1) is 34.8 Å². The van der Waals surface area contributed by atoms with Crippen LogP contribution in [0.3, 0.4) is 0 Å². The summed E-state index contributed by atoms with van der Waals surface area (Å²) in [6, 6.07) is 7.67. The maximum atomic E-state index is 11.1. The van der Waals surface area contributed by atoms with Gasteiger partial charge in [-0.15, -0.1) is 10.2 Å². The zero-order valence-corrected chi connectivity index (χ0v) is 17.5. The Morgan fingerprint density at radius 3 is 2.94 bits per heavy atom. The van der Waals surface area contributed by atoms with E-state index in [2.05, 4.69) is 26.7 Å². The van der Waals surface area contributed by atoms with Crippen LogP contribution in [-0.4, -0.2) is 38.9 Å². The second-order valence-corrected chi connectivity index (χ2v) is 7.71. The van der Waals surface area contributed by atoms with Gasteiger partial charge in [0.2, 0.25) is 5.89 Å². The average Bonchev–Trinajstić information content (AvgIpc) is 3.42. The van der Waals surface area contributed by atoms with Crippen LogP contribution in [0.4, 0.5) is 0 Å². The van der Waals surface area contributed by atoms with E-state index >= 15 is 0 Å². The van der Waals surface area contributed by atoms with Crippen molar-refractivity contribution in [1.29, 1.82) is 5.26 Å². The van der Waals surface area contributed by atoms with E-state index in [4.69, 9.17) is 19.2 Å². The summed E-state index contributed by atoms with van der Waals surface area (Å²) < 4.78 is 18.8. The molecule has 3 aromatic heterocycles. The summed E-state index contributed by atoms with van der Waals surface area (Å²) in [6.45, 7) is 1.41. The number of fused-ring (bicyclic) bond motifs is 1. The molecule has 0 spiro atoms. The van der Waals surface area contributed by atoms with Crippen LogP contribution in [0.25, 0.3) is 11.1 Å². The van der Waals surface area contributed by atoms with Gasteiger partial charge in [-0.1, -0.05) is 0 Å². The molecule has 5 rings (SSSR count). The average molecular weight is 432 g/mol. The number of likely N-dealkylation sites (N-methyl/N-ethyl adjacent to an activating group) is 1. The molecule has 162 valence electrons. The first-order valence-corrected chi connectivity index (χ1v) is 10.2. The molecule has 0 bridgehead atoms. The zero-order chi connectivity index (χ0) is 22.2. The third kappa shape index (κ3) is 3.47. The number of allylic oxidation sites excluding steroid dienone is 1. The van der Waals surface area contributed by atoms with Gasteiger partial charge in [-0.3, -0.25) is 4.79 Å². The number of nitrogens with one attached hydrogen (secondary N) is 1. The van der Waals surface area contributed by atoms with Crippen molar-refractivity contribution in [1.82, 2.24) is 25.1 Å². The number of carbonyl (C=O) groups is 1. The van der Waals surface area contributed by atoms with E-state index < -0.39 is 0 Å². The standard InChI is InChI=1S/C22H20N6O4/c1-12(29)31-16-6-14(7-16)21-26-27-22(32-21)17-11-30-20(8-18(17)24-2)19-4-3-15-5-13(9-23)10-25-28(15)19/h3-5,8,10-11,14,16,20,24H,6-7H2,1-2H3. The van der Waals surface area contributed by atoms with Crippen LogP contribution < -0.4 is 5.32 Å². The van der Waals surface area contributed by atoms with Gasteiger partial charge < -0.3 is 19.2 Å². The molecule has 1 N–H and O–H groups in total. The minimum atomic E-state index is -0.386. The number of carbonyl (C=O) groups excluding carboxylic acids is 1. The molecule has 0 radical (unpaired) electrons. The summed E-state index contributed by atoms with van der Waals surface area (Å²) in [7, 11) is 1.81. The molecule has 1 unspecified atom stereocenters. The van der Waals surface area contributed by atoms with Crippen molar-refractivity contribution >= 4 is 17.1 Å². The minimum Gasteiger partial charge on any atom is -0.487 e. The van der Waals surface area contributed by atoms with Crippen molar-refractivity contribution in [3.8, 4) is 6.07 Å². The normalized spacial score (nSPS) is 22.2. The number of hydrogen-bond donors (Lipinski definition) is 1. The summed E-state index contributed by atoms with van der Waals surface area (Å²) in [5.41, 5.74) is 3.57. The van der Waals surface area contributed by atoms with Gasteiger partial charge in [0.25, 0.3) is 5.89 Å². The Labute approximate surface area is 183 Å². The number of ether oxygens (including phenoxy) is 2. The highest BCUT2D eigenvalue weighted by molar-refractivity contribution is 5.74. The number of hydrogen-bond acceptors (Lipinski definition) is 9. The highest BCUT2D eigenvalue weighted by Gasteiger charge is 2.37. The van der Waals surface area contributed by atoms with Crippen LogP contribution in [0.15, 0.2) is 46.8 Å². The smallest absolute Gasteiger partial charge is 0.302 e. The fourth-order valence-corrected chi connectivity index (χ4v) is 3.93. The maximum Gasteiger partial charge on any atom is 0.302 e. The lowest BCUT2D eigenvalue weighted by atomic mass is 9.82. The van der Waals surface area contributed by atoms with Gasteiger partial charge in [-0.05, 0) is 37.1 Å². The third-order valence-corrected chi connectivity index (χ3v) is 5.61. The molecule has 32 heavy (non-hydrogen) atoms. The highest BCUT2D eigenvalue weighted by Crippen LogP contribution is 2.39. The Morgan fingerprint density at radius 1 is 1.34 bits per heavy atom. The van der Waals surface area contributed by atoms with Gasteiger partial charge in [0.1, 0.15) is 12.2 Å². The number of aromatic nitrogens is 4. The molecule has 1 aliphatic carbocycles. The summed E-state index contributed by atoms with van der Waals surface area (Å²) in [4.78, 5) is 11.1. The molecule has 1 saturated carbocycles. The SMILES string of the molecule is CNC1=CC(c2ccc3cc(C#N)cnn23)OC=C1c1nnc(C2CC(OC(C)=O)C2)o1. The number of esters is 1. The maximum absolute atomic E-state index is 11.1. The van der Waals surface area contributed by atoms with E-state index in [1.807, 2.05) is 25.3 Å². The molecule has 4 heterocycles. The van der Waals surface area contributed by atoms with Gasteiger partial charge in [0, 0.05) is 25.6 Å². The lowest BCUT2D eigenvalue weighted by molar-refractivity contribution is -0.151. The Morgan fingerprint density at radius 2 is 2.19 bits per heavy atom. The van der Waals surface area contributed by atoms with E-state index in [1.54, 1.807) is 16.8 Å². The van der Waals surface area contributed by atoms with Crippen LogP contribution in [0.5, 0.6) is 0 Å². The molecule has 1 atom stereocenters. The van der Waals surface area contributed by atoms with E-state index in [0.717, 1.165) is 16.9 Å². The second-order valence-electron chi connectivity index (χ2n) is 7.71. The lowest BCUT2D eigenvalue weighted by Gasteiger charge is -2.31. The van der Waals surface area contributed by atoms with Gasteiger partial charge in [-0.25, -0.2) is 4.52 Å². The van der Waals surface area contributed by atoms with Crippen LogP contribution in [-0.2, 0) is 14.3 Å². The summed E-state index contributed by atoms with van der Waals surface area (Å²) in [5.74, 6) is 0.680. The topological polar surface area (TPSA) is 128 Å². The molecule has 0 aromatic carbocycles. The summed E-state index contributed by atoms with van der Waals surface area (Å²) in [5, 5.41) is 24.9. The number of nitrogens with zero attached hydrogens (tertiary/aromatic N) is 5. The first kappa shape index (κ1) is 19.8. The van der Waals surface area contributed by atoms with Crippen molar-refractivity contribution in [2.24, 2.45) is 0 Å². The molecule has 0 saturated heterocycles. The largest absolute Gasteiger partial charge is 0.487 e. The molecular formula is C22H20N6O4. The van der Waals surface area contributed by atoms with Crippen molar-refractivity contribution < 1.29 is 18.7 Å². The highest BCUT2D eigenvalue weighted by atomic mass is 16.5. The van der Waals surface area contributed by atoms with Crippen molar-refractivity contribution in [3.05, 3.63) is 65.5 Å². The third-order valence-electron chi connectivity index (χ3n) is 5.61. The number of rotatable bonds is 5. The quantitative estimate of drug-likeness (QED) is 0.605. The van der Waals surface area contributed by atoms with E-state index in [0.29, 0.717) is 35.8 Å². The Bertz CT molecular complexity index is 1290. The first-order valence-electron chi connectivity index (χ1n) is 10.2. The van der Waals surface area contributed by atoms with E-state index in [9.17, 15) is 4.79 Å². The second kappa shape index (κ2) is 7.85. The first-order chi connectivity index (χ1) is 15.6. The molecule has 3 aromatic rings. The van der Waals surface area contributed by atoms with Crippen LogP contribution in [0.1, 0.15) is 54.8 Å². The Balaban J connectivity index is 1.34. The van der Waals surface area contributed by atoms with Crippen LogP contribution in [0.2, 0.25) is 0 Å². The number of nitriles is 1. The molecule has 10 heteroatoms. The molecule has 2 aliphatic rings. The predicted octanol–water partition coefficient (Wildman–Crippen LogP) is 2.61. The van der Waals surface area contributed by atoms with Gasteiger partial charge in [-0.2, -0.15) is 10.4 Å². The van der Waals surface area contributed by atoms with Crippen LogP contribution in [0, 0.1) is 11.3 Å². The predicted molar refractivity (Wildman–Crippen MR) is 111 cm³/mol. The van der Waals surface area contributed by atoms with E-state index in [-0.39, 0.29) is 24.1 Å². The van der Waals surface area contributed by atoms with E-state index in [1.165, 1.54) is 13.1 Å². The molecule has 1 aliphatic heterocycles. The molecular weight excluding hydrogens is 412 g/mol. The zero-order valence-electron chi connectivity index (χ0n) is 17.5. The molecule has 10 nitrogen and oxygen atoms in total. The van der Waals surface area contributed by atoms with Gasteiger partial charge >= 0.3 is 5.97 Å². The fraction of sp³-hybridized carbons (Fsp3) is 0.318. The van der Waals surface area contributed by atoms with Crippen molar-refractivity contribution in [3.63, 3.8) is 0 Å².